The molecule has 1 N–H and O–H groups in total. The first kappa shape index (κ1) is 14.6. The zero-order valence-corrected chi connectivity index (χ0v) is 14.3. The molecule has 1 amide bonds. The molecule has 0 fully saturated rings. The van der Waals surface area contributed by atoms with Crippen molar-refractivity contribution in [3.05, 3.63) is 43.0 Å². The number of benzene rings is 1. The Balaban J connectivity index is 2.26. The van der Waals surface area contributed by atoms with E-state index in [-0.39, 0.29) is 5.91 Å². The van der Waals surface area contributed by atoms with Crippen LogP contribution < -0.4 is 10.1 Å². The van der Waals surface area contributed by atoms with Crippen LogP contribution in [0, 0.1) is 6.92 Å². The molecule has 1 heterocycles. The summed E-state index contributed by atoms with van der Waals surface area (Å²) in [6.07, 6.45) is 0. The smallest absolute Gasteiger partial charge is 0.257 e. The number of methoxy groups -OCH3 is 1. The van der Waals surface area contributed by atoms with Gasteiger partial charge >= 0.3 is 0 Å². The fourth-order valence-electron chi connectivity index (χ4n) is 1.55. The first-order valence-electron chi connectivity index (χ1n) is 5.42. The van der Waals surface area contributed by atoms with Crippen molar-refractivity contribution in [1.29, 1.82) is 0 Å². The SMILES string of the molecule is COc1ccc(C)c(NC(=O)c2cc(Br)sc2Br)c1. The topological polar surface area (TPSA) is 38.3 Å². The van der Waals surface area contributed by atoms with Crippen molar-refractivity contribution >= 4 is 54.8 Å². The van der Waals surface area contributed by atoms with Gasteiger partial charge in [0.1, 0.15) is 5.75 Å². The van der Waals surface area contributed by atoms with Crippen LogP contribution in [-0.2, 0) is 0 Å². The molecule has 0 unspecified atom stereocenters. The van der Waals surface area contributed by atoms with Crippen LogP contribution in [0.2, 0.25) is 0 Å². The number of amides is 1. The fraction of sp³-hybridized carbons (Fsp3) is 0.154. The predicted molar refractivity (Wildman–Crippen MR) is 85.4 cm³/mol. The number of thiophene rings is 1. The maximum atomic E-state index is 12.2. The Morgan fingerprint density at radius 3 is 2.63 bits per heavy atom. The lowest BCUT2D eigenvalue weighted by molar-refractivity contribution is 0.102. The molecule has 0 aliphatic heterocycles. The number of ether oxygens (including phenoxy) is 1. The highest BCUT2D eigenvalue weighted by atomic mass is 79.9. The van der Waals surface area contributed by atoms with Gasteiger partial charge in [-0.25, -0.2) is 0 Å². The van der Waals surface area contributed by atoms with Crippen molar-refractivity contribution in [2.24, 2.45) is 0 Å². The van der Waals surface area contributed by atoms with E-state index in [1.807, 2.05) is 25.1 Å². The number of anilines is 1. The van der Waals surface area contributed by atoms with Gasteiger partial charge in [-0.15, -0.1) is 11.3 Å². The minimum Gasteiger partial charge on any atom is -0.497 e. The van der Waals surface area contributed by atoms with Gasteiger partial charge in [0.25, 0.3) is 5.91 Å². The van der Waals surface area contributed by atoms with E-state index in [1.165, 1.54) is 11.3 Å². The molecule has 0 radical (unpaired) electrons. The van der Waals surface area contributed by atoms with Crippen LogP contribution in [-0.4, -0.2) is 13.0 Å². The van der Waals surface area contributed by atoms with Gasteiger partial charge in [-0.3, -0.25) is 4.79 Å². The van der Waals surface area contributed by atoms with Gasteiger partial charge in [-0.05, 0) is 56.5 Å². The Kier molecular flexibility index (Phi) is 4.65. The largest absolute Gasteiger partial charge is 0.497 e. The van der Waals surface area contributed by atoms with E-state index in [0.29, 0.717) is 11.3 Å². The van der Waals surface area contributed by atoms with Crippen molar-refractivity contribution in [1.82, 2.24) is 0 Å². The lowest BCUT2D eigenvalue weighted by Crippen LogP contribution is -2.12. The monoisotopic (exact) mass is 403 g/mol. The predicted octanol–water partition coefficient (Wildman–Crippen LogP) is 4.84. The van der Waals surface area contributed by atoms with Crippen LogP contribution in [0.1, 0.15) is 15.9 Å². The minimum atomic E-state index is -0.148. The van der Waals surface area contributed by atoms with E-state index < -0.39 is 0 Å². The molecular weight excluding hydrogens is 394 g/mol. The number of aryl methyl sites for hydroxylation is 1. The summed E-state index contributed by atoms with van der Waals surface area (Å²) in [5, 5.41) is 2.89. The van der Waals surface area contributed by atoms with E-state index in [4.69, 9.17) is 4.74 Å². The molecule has 0 bridgehead atoms. The first-order valence-corrected chi connectivity index (χ1v) is 7.82. The molecule has 19 heavy (non-hydrogen) atoms. The Bertz CT molecular complexity index is 625. The number of hydrogen-bond acceptors (Lipinski definition) is 3. The lowest BCUT2D eigenvalue weighted by atomic mass is 10.2. The summed E-state index contributed by atoms with van der Waals surface area (Å²) >= 11 is 8.21. The number of rotatable bonds is 3. The van der Waals surface area contributed by atoms with E-state index in [2.05, 4.69) is 37.2 Å². The van der Waals surface area contributed by atoms with Crippen LogP contribution in [0.5, 0.6) is 5.75 Å². The van der Waals surface area contributed by atoms with Crippen molar-refractivity contribution < 1.29 is 9.53 Å². The molecule has 3 nitrogen and oxygen atoms in total. The Morgan fingerprint density at radius 2 is 2.05 bits per heavy atom. The van der Waals surface area contributed by atoms with Crippen molar-refractivity contribution in [2.45, 2.75) is 6.92 Å². The number of carbonyl (C=O) groups is 1. The minimum absolute atomic E-state index is 0.148. The maximum absolute atomic E-state index is 12.2. The molecule has 1 aromatic carbocycles. The summed E-state index contributed by atoms with van der Waals surface area (Å²) in [5.41, 5.74) is 2.34. The van der Waals surface area contributed by atoms with Crippen LogP contribution >= 0.6 is 43.2 Å². The van der Waals surface area contributed by atoms with Crippen LogP contribution in [0.3, 0.4) is 0 Å². The molecule has 0 aliphatic rings. The highest BCUT2D eigenvalue weighted by molar-refractivity contribution is 9.12. The summed E-state index contributed by atoms with van der Waals surface area (Å²) < 4.78 is 6.87. The summed E-state index contributed by atoms with van der Waals surface area (Å²) in [4.78, 5) is 12.2. The lowest BCUT2D eigenvalue weighted by Gasteiger charge is -2.09. The van der Waals surface area contributed by atoms with Crippen molar-refractivity contribution in [3.63, 3.8) is 0 Å². The average Bonchev–Trinajstić information content (AvgIpc) is 2.71. The van der Waals surface area contributed by atoms with Gasteiger partial charge < -0.3 is 10.1 Å². The molecular formula is C13H11Br2NO2S. The Morgan fingerprint density at radius 1 is 1.32 bits per heavy atom. The summed E-state index contributed by atoms with van der Waals surface area (Å²) in [6, 6.07) is 7.37. The summed E-state index contributed by atoms with van der Waals surface area (Å²) in [7, 11) is 1.60. The molecule has 0 spiro atoms. The Labute approximate surface area is 132 Å². The first-order chi connectivity index (χ1) is 9.01. The van der Waals surface area contributed by atoms with Gasteiger partial charge in [0.15, 0.2) is 0 Å². The van der Waals surface area contributed by atoms with E-state index in [9.17, 15) is 4.79 Å². The second kappa shape index (κ2) is 6.07. The fourth-order valence-corrected chi connectivity index (χ4v) is 4.34. The number of halogens is 2. The molecule has 100 valence electrons. The molecule has 0 saturated heterocycles. The van der Waals surface area contributed by atoms with Crippen LogP contribution in [0.4, 0.5) is 5.69 Å². The van der Waals surface area contributed by atoms with Gasteiger partial charge in [-0.2, -0.15) is 0 Å². The van der Waals surface area contributed by atoms with Gasteiger partial charge in [0.2, 0.25) is 0 Å². The number of carbonyl (C=O) groups excluding carboxylic acids is 1. The van der Waals surface area contributed by atoms with E-state index in [0.717, 1.165) is 18.8 Å². The zero-order valence-electron chi connectivity index (χ0n) is 10.3. The molecule has 0 saturated carbocycles. The third-order valence-corrected chi connectivity index (χ3v) is 4.93. The highest BCUT2D eigenvalue weighted by Crippen LogP contribution is 2.32. The molecule has 2 aromatic rings. The van der Waals surface area contributed by atoms with Crippen LogP contribution in [0.15, 0.2) is 31.8 Å². The normalized spacial score (nSPS) is 10.3. The van der Waals surface area contributed by atoms with Gasteiger partial charge in [-0.1, -0.05) is 6.07 Å². The van der Waals surface area contributed by atoms with Crippen molar-refractivity contribution in [3.8, 4) is 5.75 Å². The molecule has 0 atom stereocenters. The third-order valence-electron chi connectivity index (χ3n) is 2.59. The second-order valence-corrected chi connectivity index (χ2v) is 7.62. The molecule has 1 aromatic heterocycles. The molecule has 2 rings (SSSR count). The van der Waals surface area contributed by atoms with Gasteiger partial charge in [0, 0.05) is 11.8 Å². The molecule has 0 aliphatic carbocycles. The van der Waals surface area contributed by atoms with E-state index in [1.54, 1.807) is 13.2 Å². The van der Waals surface area contributed by atoms with Crippen molar-refractivity contribution in [2.75, 3.05) is 12.4 Å². The highest BCUT2D eigenvalue weighted by Gasteiger charge is 2.14. The average molecular weight is 405 g/mol. The number of hydrogen-bond donors (Lipinski definition) is 1. The van der Waals surface area contributed by atoms with Gasteiger partial charge in [0.05, 0.1) is 20.2 Å². The summed E-state index contributed by atoms with van der Waals surface area (Å²) in [6.45, 7) is 1.94. The Hall–Kier alpha value is -0.850. The quantitative estimate of drug-likeness (QED) is 0.794. The van der Waals surface area contributed by atoms with E-state index >= 15 is 0 Å². The maximum Gasteiger partial charge on any atom is 0.257 e. The summed E-state index contributed by atoms with van der Waals surface area (Å²) in [5.74, 6) is 0.566. The standard InChI is InChI=1S/C13H11Br2NO2S/c1-7-3-4-8(18-2)5-10(7)16-13(17)9-6-11(14)19-12(9)15/h3-6H,1-2H3,(H,16,17). The van der Waals surface area contributed by atoms with Crippen LogP contribution in [0.25, 0.3) is 0 Å². The second-order valence-electron chi connectivity index (χ2n) is 3.87. The number of nitrogens with one attached hydrogen (secondary N) is 1. The third kappa shape index (κ3) is 3.38. The molecule has 6 heteroatoms. The zero-order chi connectivity index (χ0) is 14.0.